The Morgan fingerprint density at radius 1 is 1.24 bits per heavy atom. The molecule has 1 fully saturated rings. The first kappa shape index (κ1) is 12.6. The Balaban J connectivity index is 2.18. The van der Waals surface area contributed by atoms with Crippen LogP contribution in [0.15, 0.2) is 0 Å². The van der Waals surface area contributed by atoms with Crippen molar-refractivity contribution in [2.75, 3.05) is 6.54 Å². The number of aromatic nitrogens is 2. The molecule has 2 rings (SSSR count). The molecule has 1 aromatic heterocycles. The Morgan fingerprint density at radius 3 is 2.47 bits per heavy atom. The van der Waals surface area contributed by atoms with Crippen LogP contribution < -0.4 is 5.73 Å². The lowest BCUT2D eigenvalue weighted by atomic mass is 9.87. The van der Waals surface area contributed by atoms with Crippen LogP contribution in [0.1, 0.15) is 55.6 Å². The first-order chi connectivity index (χ1) is 8.13. The van der Waals surface area contributed by atoms with E-state index in [1.165, 1.54) is 42.6 Å². The molecule has 0 saturated heterocycles. The van der Waals surface area contributed by atoms with Gasteiger partial charge in [-0.05, 0) is 64.0 Å². The second-order valence-electron chi connectivity index (χ2n) is 5.55. The molecule has 0 unspecified atom stereocenters. The van der Waals surface area contributed by atoms with E-state index in [0.29, 0.717) is 6.04 Å². The number of nitrogens with two attached hydrogens (primary N) is 1. The van der Waals surface area contributed by atoms with Crippen molar-refractivity contribution in [3.63, 3.8) is 0 Å². The van der Waals surface area contributed by atoms with Gasteiger partial charge in [-0.2, -0.15) is 5.10 Å². The second-order valence-corrected chi connectivity index (χ2v) is 5.55. The lowest BCUT2D eigenvalue weighted by molar-refractivity contribution is 0.270. The van der Waals surface area contributed by atoms with E-state index in [1.54, 1.807) is 0 Å². The SMILES string of the molecule is Cc1nn(C2CCC(C)CC2)c(C)c1CCN. The van der Waals surface area contributed by atoms with Crippen molar-refractivity contribution in [3.8, 4) is 0 Å². The molecule has 1 aliphatic rings. The highest BCUT2D eigenvalue weighted by Crippen LogP contribution is 2.33. The van der Waals surface area contributed by atoms with E-state index in [4.69, 9.17) is 10.8 Å². The molecular weight excluding hydrogens is 210 g/mol. The van der Waals surface area contributed by atoms with Crippen LogP contribution in [-0.2, 0) is 6.42 Å². The number of nitrogens with zero attached hydrogens (tertiary/aromatic N) is 2. The lowest BCUT2D eigenvalue weighted by Gasteiger charge is -2.27. The van der Waals surface area contributed by atoms with Gasteiger partial charge in [-0.25, -0.2) is 0 Å². The van der Waals surface area contributed by atoms with E-state index in [2.05, 4.69) is 25.5 Å². The first-order valence-electron chi connectivity index (χ1n) is 6.88. The maximum Gasteiger partial charge on any atom is 0.0629 e. The molecule has 0 radical (unpaired) electrons. The molecule has 3 nitrogen and oxygen atoms in total. The molecule has 1 heterocycles. The molecule has 0 aliphatic heterocycles. The van der Waals surface area contributed by atoms with Crippen molar-refractivity contribution in [2.24, 2.45) is 11.7 Å². The molecule has 0 aromatic carbocycles. The third kappa shape index (κ3) is 2.54. The van der Waals surface area contributed by atoms with Crippen LogP contribution in [0.25, 0.3) is 0 Å². The summed E-state index contributed by atoms with van der Waals surface area (Å²) < 4.78 is 2.27. The van der Waals surface area contributed by atoms with Crippen molar-refractivity contribution in [2.45, 2.75) is 58.9 Å². The smallest absolute Gasteiger partial charge is 0.0629 e. The fourth-order valence-corrected chi connectivity index (χ4v) is 3.05. The van der Waals surface area contributed by atoms with E-state index in [9.17, 15) is 0 Å². The largest absolute Gasteiger partial charge is 0.330 e. The third-order valence-electron chi connectivity index (χ3n) is 4.20. The van der Waals surface area contributed by atoms with Gasteiger partial charge in [0.1, 0.15) is 0 Å². The van der Waals surface area contributed by atoms with Gasteiger partial charge in [-0.1, -0.05) is 6.92 Å². The number of hydrogen-bond donors (Lipinski definition) is 1. The average molecular weight is 235 g/mol. The predicted molar refractivity (Wildman–Crippen MR) is 71.1 cm³/mol. The van der Waals surface area contributed by atoms with Gasteiger partial charge in [-0.3, -0.25) is 4.68 Å². The van der Waals surface area contributed by atoms with E-state index in [-0.39, 0.29) is 0 Å². The number of hydrogen-bond acceptors (Lipinski definition) is 2. The normalized spacial score (nSPS) is 25.2. The van der Waals surface area contributed by atoms with Gasteiger partial charge in [0.15, 0.2) is 0 Å². The van der Waals surface area contributed by atoms with E-state index in [0.717, 1.165) is 18.9 Å². The summed E-state index contributed by atoms with van der Waals surface area (Å²) in [6, 6.07) is 0.622. The standard InChI is InChI=1S/C14H25N3/c1-10-4-6-13(7-5-10)17-12(3)14(8-9-15)11(2)16-17/h10,13H,4-9,15H2,1-3H3. The minimum atomic E-state index is 0.622. The zero-order chi connectivity index (χ0) is 12.4. The molecule has 2 N–H and O–H groups in total. The quantitative estimate of drug-likeness (QED) is 0.875. The summed E-state index contributed by atoms with van der Waals surface area (Å²) in [4.78, 5) is 0. The summed E-state index contributed by atoms with van der Waals surface area (Å²) in [6.07, 6.45) is 6.21. The molecule has 3 heteroatoms. The molecule has 1 aliphatic carbocycles. The highest BCUT2D eigenvalue weighted by atomic mass is 15.3. The molecule has 17 heavy (non-hydrogen) atoms. The molecule has 0 bridgehead atoms. The molecule has 0 atom stereocenters. The fraction of sp³-hybridized carbons (Fsp3) is 0.786. The Hall–Kier alpha value is -0.830. The summed E-state index contributed by atoms with van der Waals surface area (Å²) >= 11 is 0. The summed E-state index contributed by atoms with van der Waals surface area (Å²) in [5, 5.41) is 4.74. The van der Waals surface area contributed by atoms with Gasteiger partial charge in [0.25, 0.3) is 0 Å². The Morgan fingerprint density at radius 2 is 1.88 bits per heavy atom. The number of aryl methyl sites for hydroxylation is 1. The molecule has 0 amide bonds. The van der Waals surface area contributed by atoms with E-state index >= 15 is 0 Å². The maximum absolute atomic E-state index is 5.67. The fourth-order valence-electron chi connectivity index (χ4n) is 3.05. The molecule has 0 spiro atoms. The van der Waals surface area contributed by atoms with Crippen LogP contribution >= 0.6 is 0 Å². The topological polar surface area (TPSA) is 43.8 Å². The van der Waals surface area contributed by atoms with Crippen molar-refractivity contribution in [1.29, 1.82) is 0 Å². The summed E-state index contributed by atoms with van der Waals surface area (Å²) in [5.74, 6) is 0.895. The van der Waals surface area contributed by atoms with Crippen molar-refractivity contribution in [1.82, 2.24) is 9.78 Å². The number of rotatable bonds is 3. The Bertz CT molecular complexity index is 373. The highest BCUT2D eigenvalue weighted by Gasteiger charge is 2.23. The molecule has 96 valence electrons. The van der Waals surface area contributed by atoms with Crippen LogP contribution in [0.3, 0.4) is 0 Å². The van der Waals surface area contributed by atoms with Gasteiger partial charge in [0.2, 0.25) is 0 Å². The summed E-state index contributed by atoms with van der Waals surface area (Å²) in [7, 11) is 0. The minimum Gasteiger partial charge on any atom is -0.330 e. The van der Waals surface area contributed by atoms with Crippen molar-refractivity contribution < 1.29 is 0 Å². The van der Waals surface area contributed by atoms with Gasteiger partial charge in [-0.15, -0.1) is 0 Å². The van der Waals surface area contributed by atoms with Gasteiger partial charge in [0.05, 0.1) is 11.7 Å². The Kier molecular flexibility index (Phi) is 3.87. The molecule has 1 aromatic rings. The van der Waals surface area contributed by atoms with Crippen LogP contribution in [0, 0.1) is 19.8 Å². The monoisotopic (exact) mass is 235 g/mol. The summed E-state index contributed by atoms with van der Waals surface area (Å²) in [6.45, 7) is 7.38. The molecular formula is C14H25N3. The maximum atomic E-state index is 5.67. The van der Waals surface area contributed by atoms with E-state index in [1.807, 2.05) is 0 Å². The average Bonchev–Trinajstić information content (AvgIpc) is 2.59. The first-order valence-corrected chi connectivity index (χ1v) is 6.88. The van der Waals surface area contributed by atoms with Gasteiger partial charge < -0.3 is 5.73 Å². The van der Waals surface area contributed by atoms with Crippen LogP contribution in [0.4, 0.5) is 0 Å². The lowest BCUT2D eigenvalue weighted by Crippen LogP contribution is -2.19. The third-order valence-corrected chi connectivity index (χ3v) is 4.20. The summed E-state index contributed by atoms with van der Waals surface area (Å²) in [5.41, 5.74) is 9.55. The van der Waals surface area contributed by atoms with Gasteiger partial charge in [0, 0.05) is 5.69 Å². The van der Waals surface area contributed by atoms with E-state index < -0.39 is 0 Å². The van der Waals surface area contributed by atoms with Crippen molar-refractivity contribution >= 4 is 0 Å². The Labute approximate surface area is 104 Å². The molecule has 1 saturated carbocycles. The van der Waals surface area contributed by atoms with Crippen LogP contribution in [-0.4, -0.2) is 16.3 Å². The van der Waals surface area contributed by atoms with Gasteiger partial charge >= 0.3 is 0 Å². The highest BCUT2D eigenvalue weighted by molar-refractivity contribution is 5.25. The van der Waals surface area contributed by atoms with Crippen molar-refractivity contribution in [3.05, 3.63) is 17.0 Å². The predicted octanol–water partition coefficient (Wildman–Crippen LogP) is 2.75. The second kappa shape index (κ2) is 5.21. The van der Waals surface area contributed by atoms with Crippen LogP contribution in [0.2, 0.25) is 0 Å². The zero-order valence-corrected chi connectivity index (χ0v) is 11.4. The minimum absolute atomic E-state index is 0.622. The van der Waals surface area contributed by atoms with Crippen LogP contribution in [0.5, 0.6) is 0 Å². The zero-order valence-electron chi connectivity index (χ0n) is 11.4.